The summed E-state index contributed by atoms with van der Waals surface area (Å²) in [4.78, 5) is 6.36. The van der Waals surface area contributed by atoms with Crippen molar-refractivity contribution < 1.29 is 4.74 Å². The van der Waals surface area contributed by atoms with Crippen LogP contribution in [0.3, 0.4) is 0 Å². The summed E-state index contributed by atoms with van der Waals surface area (Å²) in [5, 5.41) is 6.50. The molecule has 2 N–H and O–H groups in total. The smallest absolute Gasteiger partial charge is 0.191 e. The van der Waals surface area contributed by atoms with E-state index in [0.29, 0.717) is 6.54 Å². The molecule has 0 heterocycles. The SMILES string of the molecule is C=CCNC(=NC)NCC(c1ccc(OC)cc1)N(C)C. The first-order valence-corrected chi connectivity index (χ1v) is 6.98. The minimum absolute atomic E-state index is 0.248. The maximum absolute atomic E-state index is 5.20. The molecular formula is C16H26N4O. The van der Waals surface area contributed by atoms with E-state index in [4.69, 9.17) is 4.74 Å². The van der Waals surface area contributed by atoms with Gasteiger partial charge in [0.25, 0.3) is 0 Å². The van der Waals surface area contributed by atoms with Gasteiger partial charge >= 0.3 is 0 Å². The van der Waals surface area contributed by atoms with Crippen LogP contribution in [0.15, 0.2) is 41.9 Å². The lowest BCUT2D eigenvalue weighted by Crippen LogP contribution is -2.41. The number of guanidine groups is 1. The second-order valence-corrected chi connectivity index (χ2v) is 4.88. The number of methoxy groups -OCH3 is 1. The molecule has 0 radical (unpaired) electrons. The molecule has 1 unspecified atom stereocenters. The van der Waals surface area contributed by atoms with Crippen LogP contribution in [0.25, 0.3) is 0 Å². The zero-order chi connectivity index (χ0) is 15.7. The van der Waals surface area contributed by atoms with Crippen molar-refractivity contribution in [3.8, 4) is 5.75 Å². The number of benzene rings is 1. The summed E-state index contributed by atoms with van der Waals surface area (Å²) in [6.45, 7) is 5.14. The highest BCUT2D eigenvalue weighted by molar-refractivity contribution is 5.79. The molecule has 1 rings (SSSR count). The van der Waals surface area contributed by atoms with Crippen LogP contribution in [0.1, 0.15) is 11.6 Å². The Hall–Kier alpha value is -2.01. The Morgan fingerprint density at radius 3 is 2.48 bits per heavy atom. The fourth-order valence-corrected chi connectivity index (χ4v) is 2.01. The van der Waals surface area contributed by atoms with E-state index in [1.54, 1.807) is 20.2 Å². The quantitative estimate of drug-likeness (QED) is 0.455. The van der Waals surface area contributed by atoms with E-state index in [1.807, 2.05) is 12.1 Å². The second-order valence-electron chi connectivity index (χ2n) is 4.88. The molecule has 5 heteroatoms. The van der Waals surface area contributed by atoms with E-state index in [9.17, 15) is 0 Å². The normalized spacial score (nSPS) is 12.9. The second kappa shape index (κ2) is 9.02. The first-order chi connectivity index (χ1) is 10.1. The van der Waals surface area contributed by atoms with E-state index < -0.39 is 0 Å². The lowest BCUT2D eigenvalue weighted by Gasteiger charge is -2.26. The van der Waals surface area contributed by atoms with Crippen molar-refractivity contribution in [3.63, 3.8) is 0 Å². The van der Waals surface area contributed by atoms with Gasteiger partial charge in [-0.3, -0.25) is 4.99 Å². The van der Waals surface area contributed by atoms with Gasteiger partial charge in [0, 0.05) is 20.1 Å². The topological polar surface area (TPSA) is 48.9 Å². The molecule has 0 aromatic heterocycles. The standard InChI is InChI=1S/C16H26N4O/c1-6-11-18-16(17-2)19-12-15(20(3)4)13-7-9-14(21-5)10-8-13/h6-10,15H,1,11-12H2,2-5H3,(H2,17,18,19). The van der Waals surface area contributed by atoms with E-state index in [-0.39, 0.29) is 6.04 Å². The largest absolute Gasteiger partial charge is 0.497 e. The zero-order valence-electron chi connectivity index (χ0n) is 13.4. The Morgan fingerprint density at radius 1 is 1.33 bits per heavy atom. The van der Waals surface area contributed by atoms with Crippen LogP contribution < -0.4 is 15.4 Å². The first-order valence-electron chi connectivity index (χ1n) is 6.98. The van der Waals surface area contributed by atoms with Gasteiger partial charge in [-0.1, -0.05) is 18.2 Å². The number of likely N-dealkylation sites (N-methyl/N-ethyl adjacent to an activating group) is 1. The molecule has 1 aromatic carbocycles. The van der Waals surface area contributed by atoms with Crippen LogP contribution in [0.5, 0.6) is 5.75 Å². The average Bonchev–Trinajstić information content (AvgIpc) is 2.50. The highest BCUT2D eigenvalue weighted by Crippen LogP contribution is 2.20. The molecule has 0 saturated heterocycles. The Labute approximate surface area is 127 Å². The van der Waals surface area contributed by atoms with Gasteiger partial charge in [0.05, 0.1) is 13.2 Å². The van der Waals surface area contributed by atoms with Crippen molar-refractivity contribution in [1.82, 2.24) is 15.5 Å². The summed E-state index contributed by atoms with van der Waals surface area (Å²) in [5.41, 5.74) is 1.23. The molecule has 0 aliphatic rings. The molecule has 21 heavy (non-hydrogen) atoms. The van der Waals surface area contributed by atoms with Gasteiger partial charge in [0.15, 0.2) is 5.96 Å². The highest BCUT2D eigenvalue weighted by Gasteiger charge is 2.14. The number of hydrogen-bond acceptors (Lipinski definition) is 3. The molecule has 0 fully saturated rings. The molecule has 0 bridgehead atoms. The molecule has 0 aliphatic carbocycles. The Morgan fingerprint density at radius 2 is 2.00 bits per heavy atom. The summed E-state index contributed by atoms with van der Waals surface area (Å²) < 4.78 is 5.20. The average molecular weight is 290 g/mol. The predicted molar refractivity (Wildman–Crippen MR) is 89.0 cm³/mol. The van der Waals surface area contributed by atoms with Crippen molar-refractivity contribution in [2.24, 2.45) is 4.99 Å². The van der Waals surface area contributed by atoms with Crippen molar-refractivity contribution >= 4 is 5.96 Å². The van der Waals surface area contributed by atoms with Gasteiger partial charge < -0.3 is 20.3 Å². The number of nitrogens with one attached hydrogen (secondary N) is 2. The lowest BCUT2D eigenvalue weighted by atomic mass is 10.1. The number of hydrogen-bond donors (Lipinski definition) is 2. The van der Waals surface area contributed by atoms with Gasteiger partial charge in [0.2, 0.25) is 0 Å². The molecular weight excluding hydrogens is 264 g/mol. The molecule has 1 atom stereocenters. The van der Waals surface area contributed by atoms with Gasteiger partial charge in [-0.05, 0) is 31.8 Å². The lowest BCUT2D eigenvalue weighted by molar-refractivity contribution is 0.298. The monoisotopic (exact) mass is 290 g/mol. The minimum atomic E-state index is 0.248. The van der Waals surface area contributed by atoms with Crippen molar-refractivity contribution in [2.45, 2.75) is 6.04 Å². The van der Waals surface area contributed by atoms with Crippen LogP contribution in [0, 0.1) is 0 Å². The van der Waals surface area contributed by atoms with Crippen LogP contribution in [0.2, 0.25) is 0 Å². The molecule has 0 saturated carbocycles. The third-order valence-electron chi connectivity index (χ3n) is 3.22. The van der Waals surface area contributed by atoms with Gasteiger partial charge in [-0.2, -0.15) is 0 Å². The number of nitrogens with zero attached hydrogens (tertiary/aromatic N) is 2. The number of rotatable bonds is 7. The first kappa shape index (κ1) is 17.0. The van der Waals surface area contributed by atoms with Crippen LogP contribution in [-0.4, -0.2) is 52.2 Å². The molecule has 0 amide bonds. The third kappa shape index (κ3) is 5.47. The maximum atomic E-state index is 5.20. The summed E-state index contributed by atoms with van der Waals surface area (Å²) in [5.74, 6) is 1.64. The van der Waals surface area contributed by atoms with Gasteiger partial charge in [0.1, 0.15) is 5.75 Å². The predicted octanol–water partition coefficient (Wildman–Crippen LogP) is 1.65. The van der Waals surface area contributed by atoms with Crippen LogP contribution >= 0.6 is 0 Å². The summed E-state index contributed by atoms with van der Waals surface area (Å²) in [7, 11) is 7.57. The molecule has 5 nitrogen and oxygen atoms in total. The number of aliphatic imine (C=N–C) groups is 1. The fraction of sp³-hybridized carbons (Fsp3) is 0.438. The minimum Gasteiger partial charge on any atom is -0.497 e. The van der Waals surface area contributed by atoms with Crippen LogP contribution in [0.4, 0.5) is 0 Å². The van der Waals surface area contributed by atoms with E-state index >= 15 is 0 Å². The van der Waals surface area contributed by atoms with Crippen LogP contribution in [-0.2, 0) is 0 Å². The van der Waals surface area contributed by atoms with Gasteiger partial charge in [-0.15, -0.1) is 6.58 Å². The Bertz CT molecular complexity index is 454. The molecule has 1 aromatic rings. The van der Waals surface area contributed by atoms with Crippen molar-refractivity contribution in [1.29, 1.82) is 0 Å². The highest BCUT2D eigenvalue weighted by atomic mass is 16.5. The summed E-state index contributed by atoms with van der Waals surface area (Å²) in [6.07, 6.45) is 1.81. The summed E-state index contributed by atoms with van der Waals surface area (Å²) in [6, 6.07) is 8.39. The fourth-order valence-electron chi connectivity index (χ4n) is 2.01. The zero-order valence-corrected chi connectivity index (χ0v) is 13.4. The summed E-state index contributed by atoms with van der Waals surface area (Å²) >= 11 is 0. The maximum Gasteiger partial charge on any atom is 0.191 e. The van der Waals surface area contributed by atoms with E-state index in [2.05, 4.69) is 53.3 Å². The molecule has 0 spiro atoms. The Kier molecular flexibility index (Phi) is 7.32. The Balaban J connectivity index is 2.70. The molecule has 0 aliphatic heterocycles. The van der Waals surface area contributed by atoms with Gasteiger partial charge in [-0.25, -0.2) is 0 Å². The third-order valence-corrected chi connectivity index (χ3v) is 3.22. The molecule has 116 valence electrons. The van der Waals surface area contributed by atoms with E-state index in [1.165, 1.54) is 5.56 Å². The number of ether oxygens (including phenoxy) is 1. The van der Waals surface area contributed by atoms with E-state index in [0.717, 1.165) is 18.3 Å². The van der Waals surface area contributed by atoms with Crippen molar-refractivity contribution in [2.75, 3.05) is 41.3 Å². The van der Waals surface area contributed by atoms with Crippen molar-refractivity contribution in [3.05, 3.63) is 42.5 Å².